The highest BCUT2D eigenvalue weighted by Gasteiger charge is 2.26. The van der Waals surface area contributed by atoms with E-state index < -0.39 is 17.9 Å². The molecule has 0 bridgehead atoms. The van der Waals surface area contributed by atoms with E-state index in [0.717, 1.165) is 5.57 Å². The van der Waals surface area contributed by atoms with Gasteiger partial charge in [0.1, 0.15) is 17.7 Å². The van der Waals surface area contributed by atoms with Crippen LogP contribution in [0.25, 0.3) is 17.8 Å². The average Bonchev–Trinajstić information content (AvgIpc) is 3.50. The van der Waals surface area contributed by atoms with Crippen LogP contribution in [-0.2, 0) is 11.2 Å². The first kappa shape index (κ1) is 27.5. The van der Waals surface area contributed by atoms with Crippen molar-refractivity contribution in [2.24, 2.45) is 11.8 Å². The fourth-order valence-electron chi connectivity index (χ4n) is 5.66. The predicted molar refractivity (Wildman–Crippen MR) is 154 cm³/mol. The lowest BCUT2D eigenvalue weighted by molar-refractivity contribution is -0.137. The standard InChI is InChI=1S/C33H30FN3O5/c34-24-12-14-25(15-13-24)37-30(7-3-4-8-31(38)39)35-28-18-22(11-16-26(28)33(37)41)27-19-29(42-36-27)32(40)23-10-9-20-5-1-2-6-21(20)17-23/h1-2,5-6,9-10,12-22,32,40H,3-4,7-8,11H2,(H,38,39). The fourth-order valence-corrected chi connectivity index (χ4v) is 5.66. The van der Waals surface area contributed by atoms with Crippen molar-refractivity contribution in [3.8, 4) is 5.69 Å². The number of carboxylic acids is 1. The van der Waals surface area contributed by atoms with Crippen LogP contribution in [0.5, 0.6) is 0 Å². The van der Waals surface area contributed by atoms with Gasteiger partial charge in [0, 0.05) is 36.7 Å². The third-order valence-corrected chi connectivity index (χ3v) is 7.91. The highest BCUT2D eigenvalue weighted by atomic mass is 19.1. The topological polar surface area (TPSA) is 118 Å². The number of hydrogen-bond donors (Lipinski definition) is 2. The molecule has 2 heterocycles. The highest BCUT2D eigenvalue weighted by molar-refractivity contribution is 5.66. The smallest absolute Gasteiger partial charge is 0.303 e. The van der Waals surface area contributed by atoms with Crippen LogP contribution in [0.2, 0.25) is 0 Å². The van der Waals surface area contributed by atoms with Crippen molar-refractivity contribution in [1.82, 2.24) is 14.7 Å². The monoisotopic (exact) mass is 567 g/mol. The predicted octanol–water partition coefficient (Wildman–Crippen LogP) is 3.79. The molecule has 1 aromatic carbocycles. The van der Waals surface area contributed by atoms with Crippen LogP contribution >= 0.6 is 0 Å². The van der Waals surface area contributed by atoms with Gasteiger partial charge in [0.05, 0.1) is 21.9 Å². The van der Waals surface area contributed by atoms with Gasteiger partial charge < -0.3 is 14.7 Å². The number of rotatable bonds is 9. The Labute approximate surface area is 240 Å². The Morgan fingerprint density at radius 2 is 1.88 bits per heavy atom. The van der Waals surface area contributed by atoms with Gasteiger partial charge in [-0.15, -0.1) is 0 Å². The van der Waals surface area contributed by atoms with E-state index in [1.165, 1.54) is 28.8 Å². The summed E-state index contributed by atoms with van der Waals surface area (Å²) in [6.07, 6.45) is 18.9. The number of carboxylic acid groups (broad SMARTS) is 1. The molecular weight excluding hydrogens is 537 g/mol. The van der Waals surface area contributed by atoms with E-state index in [9.17, 15) is 19.1 Å². The van der Waals surface area contributed by atoms with Crippen LogP contribution in [0.1, 0.15) is 55.0 Å². The molecule has 214 valence electrons. The first-order valence-corrected chi connectivity index (χ1v) is 14.1. The van der Waals surface area contributed by atoms with Crippen LogP contribution in [0.15, 0.2) is 87.8 Å². The van der Waals surface area contributed by atoms with E-state index in [-0.39, 0.29) is 29.7 Å². The largest absolute Gasteiger partial charge is 0.481 e. The van der Waals surface area contributed by atoms with Gasteiger partial charge in [0.2, 0.25) is 0 Å². The van der Waals surface area contributed by atoms with E-state index in [1.807, 2.05) is 36.5 Å². The van der Waals surface area contributed by atoms with E-state index in [1.54, 1.807) is 6.07 Å². The number of hydrogen-bond acceptors (Lipinski definition) is 6. The minimum Gasteiger partial charge on any atom is -0.481 e. The maximum absolute atomic E-state index is 13.7. The molecule has 0 amide bonds. The number of aliphatic hydroxyl groups excluding tert-OH is 1. The molecule has 3 aliphatic rings. The Bertz CT molecular complexity index is 1810. The molecule has 6 rings (SSSR count). The van der Waals surface area contributed by atoms with Crippen LogP contribution in [0.4, 0.5) is 4.39 Å². The summed E-state index contributed by atoms with van der Waals surface area (Å²) < 4.78 is 20.7. The zero-order valence-corrected chi connectivity index (χ0v) is 22.8. The number of unbranched alkanes of at least 4 members (excludes halogenated alkanes) is 1. The van der Waals surface area contributed by atoms with E-state index in [4.69, 9.17) is 14.6 Å². The lowest BCUT2D eigenvalue weighted by Crippen LogP contribution is -2.49. The minimum absolute atomic E-state index is 0.0235. The van der Waals surface area contributed by atoms with Gasteiger partial charge in [-0.05, 0) is 55.2 Å². The molecule has 3 aliphatic carbocycles. The number of aryl methyl sites for hydroxylation is 1. The Balaban J connectivity index is 1.30. The van der Waals surface area contributed by atoms with Crippen molar-refractivity contribution in [2.75, 3.05) is 0 Å². The molecule has 0 saturated heterocycles. The van der Waals surface area contributed by atoms with Crippen LogP contribution in [-0.4, -0.2) is 30.9 Å². The summed E-state index contributed by atoms with van der Waals surface area (Å²) in [6.45, 7) is 0. The Kier molecular flexibility index (Phi) is 7.67. The van der Waals surface area contributed by atoms with Crippen molar-refractivity contribution in [1.29, 1.82) is 0 Å². The first-order chi connectivity index (χ1) is 20.4. The second-order valence-electron chi connectivity index (χ2n) is 10.8. The van der Waals surface area contributed by atoms with Gasteiger partial charge >= 0.3 is 5.97 Å². The van der Waals surface area contributed by atoms with Crippen LogP contribution in [0, 0.1) is 17.7 Å². The van der Waals surface area contributed by atoms with Crippen molar-refractivity contribution >= 4 is 18.1 Å². The van der Waals surface area contributed by atoms with Gasteiger partial charge in [-0.3, -0.25) is 14.2 Å². The number of aliphatic hydroxyl groups is 1. The maximum Gasteiger partial charge on any atom is 0.303 e. The van der Waals surface area contributed by atoms with Gasteiger partial charge in [-0.2, -0.15) is 0 Å². The zero-order chi connectivity index (χ0) is 29.2. The zero-order valence-electron chi connectivity index (χ0n) is 22.8. The number of nitrogens with zero attached hydrogens (tertiary/aromatic N) is 3. The molecule has 0 radical (unpaired) electrons. The number of carbonyl (C=O) groups is 1. The van der Waals surface area contributed by atoms with Gasteiger partial charge in [0.25, 0.3) is 5.56 Å². The minimum atomic E-state index is -0.957. The summed E-state index contributed by atoms with van der Waals surface area (Å²) in [6, 6.07) is 7.38. The van der Waals surface area contributed by atoms with Crippen molar-refractivity contribution < 1.29 is 23.9 Å². The first-order valence-electron chi connectivity index (χ1n) is 14.1. The molecule has 9 heteroatoms. The Morgan fingerprint density at radius 3 is 2.67 bits per heavy atom. The molecule has 0 saturated carbocycles. The number of halogens is 1. The Hall–Kier alpha value is -4.63. The molecule has 0 aliphatic heterocycles. The molecule has 0 spiro atoms. The summed E-state index contributed by atoms with van der Waals surface area (Å²) in [7, 11) is 0. The SMILES string of the molecule is O=C(O)CCCCc1nc2c(c(=O)n1-c1ccc(F)cc1)=CCC(c1cc(C(O)C3=CC4C=CC=CC4C=C3)on1)C=2. The molecule has 8 nitrogen and oxygen atoms in total. The average molecular weight is 568 g/mol. The molecule has 4 unspecified atom stereocenters. The molecule has 3 aromatic rings. The summed E-state index contributed by atoms with van der Waals surface area (Å²) in [5.41, 5.74) is 1.59. The molecule has 42 heavy (non-hydrogen) atoms. The van der Waals surface area contributed by atoms with Crippen molar-refractivity contribution in [3.63, 3.8) is 0 Å². The third kappa shape index (κ3) is 5.60. The van der Waals surface area contributed by atoms with Crippen molar-refractivity contribution in [2.45, 2.75) is 44.1 Å². The molecule has 2 N–H and O–H groups in total. The van der Waals surface area contributed by atoms with Gasteiger partial charge in [0.15, 0.2) is 5.76 Å². The third-order valence-electron chi connectivity index (χ3n) is 7.91. The second kappa shape index (κ2) is 11.7. The fraction of sp³-hybridized carbons (Fsp3) is 0.273. The lowest BCUT2D eigenvalue weighted by atomic mass is 9.82. The number of aromatic nitrogens is 3. The molecule has 2 aromatic heterocycles. The van der Waals surface area contributed by atoms with Crippen molar-refractivity contribution in [3.05, 3.63) is 122 Å². The Morgan fingerprint density at radius 1 is 1.10 bits per heavy atom. The quantitative estimate of drug-likeness (QED) is 0.378. The van der Waals surface area contributed by atoms with E-state index in [2.05, 4.69) is 23.4 Å². The molecule has 0 fully saturated rings. The van der Waals surface area contributed by atoms with Gasteiger partial charge in [-0.1, -0.05) is 53.8 Å². The summed E-state index contributed by atoms with van der Waals surface area (Å²) in [5, 5.41) is 25.2. The number of allylic oxidation sites excluding steroid dienone is 6. The highest BCUT2D eigenvalue weighted by Crippen LogP contribution is 2.34. The van der Waals surface area contributed by atoms with E-state index in [0.29, 0.717) is 59.2 Å². The second-order valence-corrected chi connectivity index (χ2v) is 10.8. The van der Waals surface area contributed by atoms with Crippen LogP contribution < -0.4 is 16.1 Å². The lowest BCUT2D eigenvalue weighted by Gasteiger charge is -2.24. The molecular formula is C33H30FN3O5. The van der Waals surface area contributed by atoms with Gasteiger partial charge in [-0.25, -0.2) is 9.37 Å². The molecule has 4 atom stereocenters. The summed E-state index contributed by atoms with van der Waals surface area (Å²) in [4.78, 5) is 29.5. The maximum atomic E-state index is 13.7. The summed E-state index contributed by atoms with van der Waals surface area (Å²) >= 11 is 0. The number of aliphatic carboxylic acids is 1. The van der Waals surface area contributed by atoms with E-state index >= 15 is 0 Å². The number of benzene rings is 1. The number of fused-ring (bicyclic) bond motifs is 2. The summed E-state index contributed by atoms with van der Waals surface area (Å²) in [5.74, 6) is -0.231. The van der Waals surface area contributed by atoms with Crippen LogP contribution in [0.3, 0.4) is 0 Å². The normalized spacial score (nSPS) is 21.1.